The molecule has 0 radical (unpaired) electrons. The standard InChI is InChI=1S/C15H17F3N2O2/c16-15(17,18)11-4-1-3-10(9-11)14(21)20-7-8-22-13-12(20)5-2-6-19-13/h2,5-6,10-11H,1,3-4,7-9H2/t10-,11-/m1/s1. The lowest BCUT2D eigenvalue weighted by Gasteiger charge is -2.35. The highest BCUT2D eigenvalue weighted by atomic mass is 19.4. The minimum absolute atomic E-state index is 0.116. The third kappa shape index (κ3) is 2.89. The van der Waals surface area contributed by atoms with Crippen LogP contribution in [0.4, 0.5) is 18.9 Å². The molecule has 7 heteroatoms. The summed E-state index contributed by atoms with van der Waals surface area (Å²) >= 11 is 0. The molecule has 1 saturated carbocycles. The molecule has 0 saturated heterocycles. The van der Waals surface area contributed by atoms with Gasteiger partial charge in [-0.2, -0.15) is 13.2 Å². The van der Waals surface area contributed by atoms with E-state index >= 15 is 0 Å². The topological polar surface area (TPSA) is 42.4 Å². The van der Waals surface area contributed by atoms with E-state index in [0.717, 1.165) is 0 Å². The first-order chi connectivity index (χ1) is 10.5. The number of hydrogen-bond acceptors (Lipinski definition) is 3. The Morgan fingerprint density at radius 3 is 2.95 bits per heavy atom. The molecule has 0 N–H and O–H groups in total. The van der Waals surface area contributed by atoms with E-state index in [1.807, 2.05) is 0 Å². The van der Waals surface area contributed by atoms with E-state index < -0.39 is 18.0 Å². The Morgan fingerprint density at radius 1 is 1.36 bits per heavy atom. The summed E-state index contributed by atoms with van der Waals surface area (Å²) in [6, 6.07) is 3.40. The summed E-state index contributed by atoms with van der Waals surface area (Å²) < 4.78 is 44.1. The van der Waals surface area contributed by atoms with Gasteiger partial charge in [0.15, 0.2) is 0 Å². The van der Waals surface area contributed by atoms with E-state index in [4.69, 9.17) is 4.74 Å². The summed E-state index contributed by atoms with van der Waals surface area (Å²) in [5, 5.41) is 0. The second kappa shape index (κ2) is 5.78. The highest BCUT2D eigenvalue weighted by Crippen LogP contribution is 2.41. The van der Waals surface area contributed by atoms with Gasteiger partial charge in [-0.1, -0.05) is 6.42 Å². The summed E-state index contributed by atoms with van der Waals surface area (Å²) in [5.74, 6) is -1.83. The zero-order valence-electron chi connectivity index (χ0n) is 12.0. The Bertz CT molecular complexity index is 562. The van der Waals surface area contributed by atoms with Crippen molar-refractivity contribution in [1.29, 1.82) is 0 Å². The van der Waals surface area contributed by atoms with Crippen molar-refractivity contribution in [2.75, 3.05) is 18.1 Å². The zero-order valence-corrected chi connectivity index (χ0v) is 12.0. The maximum absolute atomic E-state index is 12.9. The number of halogens is 3. The fraction of sp³-hybridized carbons (Fsp3) is 0.600. The fourth-order valence-corrected chi connectivity index (χ4v) is 3.21. The van der Waals surface area contributed by atoms with E-state index in [1.165, 1.54) is 4.90 Å². The van der Waals surface area contributed by atoms with Crippen LogP contribution in [0.2, 0.25) is 0 Å². The predicted molar refractivity (Wildman–Crippen MR) is 73.6 cm³/mol. The predicted octanol–water partition coefficient (Wildman–Crippen LogP) is 3.18. The van der Waals surface area contributed by atoms with Gasteiger partial charge in [0.05, 0.1) is 12.5 Å². The summed E-state index contributed by atoms with van der Waals surface area (Å²) in [6.07, 6.45) is -1.70. The van der Waals surface area contributed by atoms with E-state index in [9.17, 15) is 18.0 Å². The van der Waals surface area contributed by atoms with Gasteiger partial charge in [-0.15, -0.1) is 0 Å². The van der Waals surface area contributed by atoms with Gasteiger partial charge in [0.2, 0.25) is 11.8 Å². The molecule has 2 atom stereocenters. The van der Waals surface area contributed by atoms with Crippen LogP contribution in [-0.2, 0) is 4.79 Å². The number of ether oxygens (including phenoxy) is 1. The van der Waals surface area contributed by atoms with Gasteiger partial charge in [0.1, 0.15) is 12.3 Å². The number of aromatic nitrogens is 1. The quantitative estimate of drug-likeness (QED) is 0.799. The Kier molecular flexibility index (Phi) is 3.97. The minimum Gasteiger partial charge on any atom is -0.474 e. The highest BCUT2D eigenvalue weighted by molar-refractivity contribution is 5.96. The summed E-state index contributed by atoms with van der Waals surface area (Å²) in [5.41, 5.74) is 0.549. The van der Waals surface area contributed by atoms with Crippen LogP contribution in [-0.4, -0.2) is 30.2 Å². The van der Waals surface area contributed by atoms with Gasteiger partial charge in [0.25, 0.3) is 0 Å². The largest absolute Gasteiger partial charge is 0.474 e. The van der Waals surface area contributed by atoms with E-state index in [2.05, 4.69) is 4.98 Å². The number of anilines is 1. The number of fused-ring (bicyclic) bond motifs is 1. The van der Waals surface area contributed by atoms with E-state index in [-0.39, 0.29) is 18.7 Å². The Balaban J connectivity index is 1.77. The van der Waals surface area contributed by atoms with Crippen LogP contribution >= 0.6 is 0 Å². The highest BCUT2D eigenvalue weighted by Gasteiger charge is 2.44. The molecule has 0 unspecified atom stereocenters. The first-order valence-electron chi connectivity index (χ1n) is 7.42. The molecular weight excluding hydrogens is 297 g/mol. The van der Waals surface area contributed by atoms with Crippen LogP contribution in [0.25, 0.3) is 0 Å². The number of hydrogen-bond donors (Lipinski definition) is 0. The molecule has 1 aromatic heterocycles. The number of carbonyl (C=O) groups is 1. The number of carbonyl (C=O) groups excluding carboxylic acids is 1. The maximum Gasteiger partial charge on any atom is 0.391 e. The second-order valence-corrected chi connectivity index (χ2v) is 5.77. The van der Waals surface area contributed by atoms with Crippen molar-refractivity contribution in [3.8, 4) is 5.88 Å². The first kappa shape index (κ1) is 15.1. The molecule has 3 rings (SSSR count). The third-order valence-electron chi connectivity index (χ3n) is 4.35. The number of rotatable bonds is 1. The lowest BCUT2D eigenvalue weighted by atomic mass is 9.80. The molecule has 0 bridgehead atoms. The van der Waals surface area contributed by atoms with E-state index in [0.29, 0.717) is 37.6 Å². The van der Waals surface area contributed by atoms with Gasteiger partial charge in [-0.05, 0) is 31.4 Å². The zero-order chi connectivity index (χ0) is 15.7. The van der Waals surface area contributed by atoms with Crippen molar-refractivity contribution in [1.82, 2.24) is 4.98 Å². The number of nitrogens with zero attached hydrogens (tertiary/aromatic N) is 2. The monoisotopic (exact) mass is 314 g/mol. The molecule has 1 amide bonds. The van der Waals surface area contributed by atoms with Crippen molar-refractivity contribution in [3.63, 3.8) is 0 Å². The smallest absolute Gasteiger partial charge is 0.391 e. The molecule has 1 aliphatic carbocycles. The minimum atomic E-state index is -4.22. The molecule has 120 valence electrons. The van der Waals surface area contributed by atoms with Crippen LogP contribution < -0.4 is 9.64 Å². The van der Waals surface area contributed by atoms with Crippen LogP contribution in [0.1, 0.15) is 25.7 Å². The normalized spacial score (nSPS) is 25.3. The van der Waals surface area contributed by atoms with Gasteiger partial charge in [0, 0.05) is 12.1 Å². The molecule has 22 heavy (non-hydrogen) atoms. The molecule has 0 aromatic carbocycles. The first-order valence-corrected chi connectivity index (χ1v) is 7.42. The van der Waals surface area contributed by atoms with Gasteiger partial charge in [-0.3, -0.25) is 4.79 Å². The van der Waals surface area contributed by atoms with E-state index in [1.54, 1.807) is 18.3 Å². The molecule has 4 nitrogen and oxygen atoms in total. The van der Waals surface area contributed by atoms with Crippen LogP contribution in [0.5, 0.6) is 5.88 Å². The SMILES string of the molecule is O=C([C@@H]1CCC[C@@H](C(F)(F)F)C1)N1CCOc2ncccc21. The lowest BCUT2D eigenvalue weighted by Crippen LogP contribution is -2.44. The third-order valence-corrected chi connectivity index (χ3v) is 4.35. The number of pyridine rings is 1. The molecule has 2 aliphatic rings. The molecular formula is C15H17F3N2O2. The molecule has 1 fully saturated rings. The van der Waals surface area contributed by atoms with Gasteiger partial charge < -0.3 is 9.64 Å². The average molecular weight is 314 g/mol. The van der Waals surface area contributed by atoms with Crippen molar-refractivity contribution >= 4 is 11.6 Å². The molecule has 0 spiro atoms. The second-order valence-electron chi connectivity index (χ2n) is 5.77. The Labute approximate surface area is 126 Å². The molecule has 1 aromatic rings. The van der Waals surface area contributed by atoms with Crippen molar-refractivity contribution in [3.05, 3.63) is 18.3 Å². The van der Waals surface area contributed by atoms with Crippen molar-refractivity contribution in [2.24, 2.45) is 11.8 Å². The summed E-state index contributed by atoms with van der Waals surface area (Å²) in [6.45, 7) is 0.663. The average Bonchev–Trinajstić information content (AvgIpc) is 2.53. The maximum atomic E-state index is 12.9. The van der Waals surface area contributed by atoms with Crippen molar-refractivity contribution in [2.45, 2.75) is 31.9 Å². The summed E-state index contributed by atoms with van der Waals surface area (Å²) in [7, 11) is 0. The molecule has 1 aliphatic heterocycles. The van der Waals surface area contributed by atoms with Crippen LogP contribution in [0.3, 0.4) is 0 Å². The Morgan fingerprint density at radius 2 is 2.18 bits per heavy atom. The van der Waals surface area contributed by atoms with Gasteiger partial charge >= 0.3 is 6.18 Å². The fourth-order valence-electron chi connectivity index (χ4n) is 3.21. The lowest BCUT2D eigenvalue weighted by molar-refractivity contribution is -0.186. The van der Waals surface area contributed by atoms with Crippen LogP contribution in [0.15, 0.2) is 18.3 Å². The molecule has 2 heterocycles. The van der Waals surface area contributed by atoms with Crippen molar-refractivity contribution < 1.29 is 22.7 Å². The Hall–Kier alpha value is -1.79. The number of alkyl halides is 3. The number of amides is 1. The summed E-state index contributed by atoms with van der Waals surface area (Å²) in [4.78, 5) is 18.2. The van der Waals surface area contributed by atoms with Crippen LogP contribution in [0, 0.1) is 11.8 Å². The van der Waals surface area contributed by atoms with Gasteiger partial charge in [-0.25, -0.2) is 4.98 Å².